The molecule has 0 saturated carbocycles. The Hall–Kier alpha value is -2.17. The Bertz CT molecular complexity index is 888. The number of para-hydroxylation sites is 1. The molecule has 0 spiro atoms. The van der Waals surface area contributed by atoms with Crippen LogP contribution in [0.2, 0.25) is 5.02 Å². The lowest BCUT2D eigenvalue weighted by molar-refractivity contribution is 0.174. The molecule has 3 aromatic rings. The number of halogens is 1. The van der Waals surface area contributed by atoms with E-state index in [0.29, 0.717) is 6.54 Å². The van der Waals surface area contributed by atoms with Gasteiger partial charge in [0.05, 0.1) is 10.5 Å². The largest absolute Gasteiger partial charge is 0.454 e. The van der Waals surface area contributed by atoms with Crippen LogP contribution < -0.4 is 15.2 Å². The highest BCUT2D eigenvalue weighted by Crippen LogP contribution is 2.39. The number of aromatic amines is 1. The van der Waals surface area contributed by atoms with Crippen LogP contribution in [0.15, 0.2) is 36.4 Å². The number of ether oxygens (including phenoxy) is 2. The average Bonchev–Trinajstić information content (AvgIpc) is 3.20. The first kappa shape index (κ1) is 15.4. The number of hydrogen-bond acceptors (Lipinski definition) is 3. The third-order valence-corrected chi connectivity index (χ3v) is 4.75. The number of nitrogens with one attached hydrogen (secondary N) is 1. The fourth-order valence-electron chi connectivity index (χ4n) is 3.24. The maximum Gasteiger partial charge on any atom is 0.231 e. The molecule has 0 bridgehead atoms. The van der Waals surface area contributed by atoms with Crippen molar-refractivity contribution in [3.8, 4) is 22.8 Å². The van der Waals surface area contributed by atoms with E-state index in [1.807, 2.05) is 24.3 Å². The summed E-state index contributed by atoms with van der Waals surface area (Å²) in [5, 5.41) is 1.91. The van der Waals surface area contributed by atoms with E-state index in [2.05, 4.69) is 17.1 Å². The van der Waals surface area contributed by atoms with Crippen LogP contribution in [0.1, 0.15) is 18.4 Å². The molecule has 0 saturated heterocycles. The average molecular weight is 343 g/mol. The number of fused-ring (bicyclic) bond motifs is 2. The molecule has 2 aromatic carbocycles. The quantitative estimate of drug-likeness (QED) is 0.671. The van der Waals surface area contributed by atoms with Gasteiger partial charge < -0.3 is 20.2 Å². The molecule has 24 heavy (non-hydrogen) atoms. The van der Waals surface area contributed by atoms with Gasteiger partial charge in [0.25, 0.3) is 0 Å². The Morgan fingerprint density at radius 2 is 1.96 bits per heavy atom. The van der Waals surface area contributed by atoms with Gasteiger partial charge in [0.1, 0.15) is 0 Å². The number of unbranched alkanes of at least 4 members (excludes halogenated alkanes) is 1. The lowest BCUT2D eigenvalue weighted by Crippen LogP contribution is -1.99. The molecule has 4 nitrogen and oxygen atoms in total. The number of rotatable bonds is 5. The van der Waals surface area contributed by atoms with Gasteiger partial charge in [-0.1, -0.05) is 23.7 Å². The van der Waals surface area contributed by atoms with E-state index in [1.165, 1.54) is 10.9 Å². The second kappa shape index (κ2) is 6.38. The Kier molecular flexibility index (Phi) is 4.08. The minimum absolute atomic E-state index is 0.278. The topological polar surface area (TPSA) is 60.3 Å². The summed E-state index contributed by atoms with van der Waals surface area (Å²) in [4.78, 5) is 3.51. The molecule has 3 N–H and O–H groups in total. The molecule has 124 valence electrons. The van der Waals surface area contributed by atoms with Crippen molar-refractivity contribution in [1.29, 1.82) is 0 Å². The molecule has 1 aliphatic heterocycles. The molecule has 0 atom stereocenters. The minimum Gasteiger partial charge on any atom is -0.454 e. The van der Waals surface area contributed by atoms with Gasteiger partial charge in [-0.3, -0.25) is 0 Å². The second-order valence-corrected chi connectivity index (χ2v) is 6.36. The summed E-state index contributed by atoms with van der Waals surface area (Å²) in [5.41, 5.74) is 10.1. The van der Waals surface area contributed by atoms with Crippen LogP contribution in [0.3, 0.4) is 0 Å². The van der Waals surface area contributed by atoms with Crippen molar-refractivity contribution >= 4 is 22.5 Å². The molecule has 2 heterocycles. The van der Waals surface area contributed by atoms with Crippen molar-refractivity contribution in [3.05, 3.63) is 47.0 Å². The summed E-state index contributed by atoms with van der Waals surface area (Å²) in [6.07, 6.45) is 3.02. The van der Waals surface area contributed by atoms with E-state index < -0.39 is 0 Å². The number of benzene rings is 2. The maximum absolute atomic E-state index is 6.39. The molecule has 1 aromatic heterocycles. The van der Waals surface area contributed by atoms with E-state index in [4.69, 9.17) is 26.8 Å². The number of hydrogen-bond donors (Lipinski definition) is 2. The lowest BCUT2D eigenvalue weighted by atomic mass is 10.00. The summed E-state index contributed by atoms with van der Waals surface area (Å²) in [7, 11) is 0. The molecule has 5 heteroatoms. The Morgan fingerprint density at radius 3 is 2.83 bits per heavy atom. The molecule has 0 aliphatic carbocycles. The molecule has 0 radical (unpaired) electrons. The predicted octanol–water partition coefficient (Wildman–Crippen LogP) is 4.50. The predicted molar refractivity (Wildman–Crippen MR) is 96.9 cm³/mol. The molecule has 0 unspecified atom stereocenters. The van der Waals surface area contributed by atoms with Crippen molar-refractivity contribution in [3.63, 3.8) is 0 Å². The zero-order valence-electron chi connectivity index (χ0n) is 13.3. The van der Waals surface area contributed by atoms with Gasteiger partial charge in [0, 0.05) is 16.6 Å². The van der Waals surface area contributed by atoms with Crippen molar-refractivity contribution in [2.75, 3.05) is 13.3 Å². The van der Waals surface area contributed by atoms with Crippen molar-refractivity contribution in [2.45, 2.75) is 19.3 Å². The van der Waals surface area contributed by atoms with Gasteiger partial charge in [-0.15, -0.1) is 0 Å². The van der Waals surface area contributed by atoms with Gasteiger partial charge >= 0.3 is 0 Å². The van der Waals surface area contributed by atoms with Crippen molar-refractivity contribution in [1.82, 2.24) is 4.98 Å². The molecular formula is C19H19ClN2O2. The number of nitrogens with two attached hydrogens (primary N) is 1. The number of aryl methyl sites for hydroxylation is 1. The fraction of sp³-hybridized carbons (Fsp3) is 0.263. The van der Waals surface area contributed by atoms with E-state index in [9.17, 15) is 0 Å². The third-order valence-electron chi connectivity index (χ3n) is 4.43. The maximum atomic E-state index is 6.39. The van der Waals surface area contributed by atoms with Crippen molar-refractivity contribution in [2.24, 2.45) is 5.73 Å². The highest BCUT2D eigenvalue weighted by atomic mass is 35.5. The van der Waals surface area contributed by atoms with Crippen LogP contribution in [0.25, 0.3) is 22.2 Å². The number of aromatic nitrogens is 1. The molecular weight excluding hydrogens is 324 g/mol. The highest BCUT2D eigenvalue weighted by Gasteiger charge is 2.18. The normalized spacial score (nSPS) is 12.9. The Balaban J connectivity index is 1.84. The fourth-order valence-corrected chi connectivity index (χ4v) is 3.46. The molecule has 4 rings (SSSR count). The third kappa shape index (κ3) is 2.62. The molecule has 1 aliphatic rings. The van der Waals surface area contributed by atoms with Crippen LogP contribution in [0, 0.1) is 0 Å². The second-order valence-electron chi connectivity index (χ2n) is 5.95. The van der Waals surface area contributed by atoms with Gasteiger partial charge in [-0.25, -0.2) is 0 Å². The van der Waals surface area contributed by atoms with E-state index in [1.54, 1.807) is 0 Å². The minimum atomic E-state index is 0.278. The van der Waals surface area contributed by atoms with Crippen LogP contribution in [0.4, 0.5) is 0 Å². The Labute approximate surface area is 145 Å². The van der Waals surface area contributed by atoms with Gasteiger partial charge in [-0.05, 0) is 55.6 Å². The lowest BCUT2D eigenvalue weighted by Gasteiger charge is -2.06. The summed E-state index contributed by atoms with van der Waals surface area (Å²) < 4.78 is 10.9. The van der Waals surface area contributed by atoms with Crippen LogP contribution >= 0.6 is 11.6 Å². The number of H-pyrrole nitrogens is 1. The zero-order valence-corrected chi connectivity index (χ0v) is 14.0. The van der Waals surface area contributed by atoms with Crippen LogP contribution in [-0.4, -0.2) is 18.3 Å². The first-order chi connectivity index (χ1) is 11.8. The summed E-state index contributed by atoms with van der Waals surface area (Å²) in [5.74, 6) is 1.57. The van der Waals surface area contributed by atoms with Crippen molar-refractivity contribution < 1.29 is 9.47 Å². The van der Waals surface area contributed by atoms with E-state index in [0.717, 1.165) is 52.6 Å². The van der Waals surface area contributed by atoms with E-state index in [-0.39, 0.29) is 6.79 Å². The first-order valence-corrected chi connectivity index (χ1v) is 8.55. The van der Waals surface area contributed by atoms with Crippen LogP contribution in [-0.2, 0) is 6.42 Å². The molecule has 0 fully saturated rings. The highest BCUT2D eigenvalue weighted by molar-refractivity contribution is 6.35. The standard InChI is InChI=1S/C19H19ClN2O2/c20-15-6-3-5-14-13(4-1-2-9-21)18(22-19(14)15)12-7-8-16-17(10-12)24-11-23-16/h3,5-8,10,22H,1-2,4,9,11,21H2. The summed E-state index contributed by atoms with van der Waals surface area (Å²) >= 11 is 6.39. The summed E-state index contributed by atoms with van der Waals surface area (Å²) in [6.45, 7) is 0.989. The van der Waals surface area contributed by atoms with Gasteiger partial charge in [-0.2, -0.15) is 0 Å². The van der Waals surface area contributed by atoms with Gasteiger partial charge in [0.2, 0.25) is 6.79 Å². The molecule has 0 amide bonds. The zero-order chi connectivity index (χ0) is 16.5. The summed E-state index contributed by atoms with van der Waals surface area (Å²) in [6, 6.07) is 12.0. The SMILES string of the molecule is NCCCCc1c(-c2ccc3c(c2)OCO3)[nH]c2c(Cl)cccc12. The van der Waals surface area contributed by atoms with Crippen LogP contribution in [0.5, 0.6) is 11.5 Å². The Morgan fingerprint density at radius 1 is 1.08 bits per heavy atom. The van der Waals surface area contributed by atoms with Gasteiger partial charge in [0.15, 0.2) is 11.5 Å². The monoisotopic (exact) mass is 342 g/mol. The van der Waals surface area contributed by atoms with E-state index >= 15 is 0 Å². The first-order valence-electron chi connectivity index (χ1n) is 8.17. The smallest absolute Gasteiger partial charge is 0.231 e.